The summed E-state index contributed by atoms with van der Waals surface area (Å²) < 4.78 is 0. The number of amides is 1. The third-order valence-corrected chi connectivity index (χ3v) is 3.35. The predicted molar refractivity (Wildman–Crippen MR) is 93.6 cm³/mol. The Hall–Kier alpha value is -3.20. The lowest BCUT2D eigenvalue weighted by Gasteiger charge is -2.09. The highest BCUT2D eigenvalue weighted by atomic mass is 16.1. The first kappa shape index (κ1) is 14.7. The molecule has 0 aliphatic carbocycles. The van der Waals surface area contributed by atoms with E-state index < -0.39 is 0 Å². The second-order valence-corrected chi connectivity index (χ2v) is 5.00. The molecule has 0 unspecified atom stereocenters. The van der Waals surface area contributed by atoms with Crippen LogP contribution in [0.4, 0.5) is 5.82 Å². The van der Waals surface area contributed by atoms with Gasteiger partial charge in [-0.3, -0.25) is 4.79 Å². The van der Waals surface area contributed by atoms with Crippen molar-refractivity contribution in [3.05, 3.63) is 96.2 Å². The van der Waals surface area contributed by atoms with Crippen LogP contribution < -0.4 is 5.32 Å². The standard InChI is InChI=1S/C20H16N2O/c23-20(22-19-13-7-8-14-21-19)18(17-11-5-2-6-12-17)15-16-9-3-1-4-10-16/h1-15H,(H,21,22,23)/b18-15-. The van der Waals surface area contributed by atoms with Crippen LogP contribution in [0.5, 0.6) is 0 Å². The van der Waals surface area contributed by atoms with Gasteiger partial charge in [0.25, 0.3) is 5.91 Å². The first-order chi connectivity index (χ1) is 11.3. The molecular weight excluding hydrogens is 284 g/mol. The van der Waals surface area contributed by atoms with Crippen molar-refractivity contribution in [1.29, 1.82) is 0 Å². The van der Waals surface area contributed by atoms with Crippen LogP contribution in [-0.2, 0) is 4.79 Å². The van der Waals surface area contributed by atoms with Crippen LogP contribution in [0.2, 0.25) is 0 Å². The van der Waals surface area contributed by atoms with Gasteiger partial charge in [0.05, 0.1) is 0 Å². The predicted octanol–water partition coefficient (Wildman–Crippen LogP) is 4.26. The van der Waals surface area contributed by atoms with Gasteiger partial charge < -0.3 is 5.32 Å². The molecule has 0 aliphatic rings. The zero-order valence-electron chi connectivity index (χ0n) is 12.5. The molecule has 1 N–H and O–H groups in total. The van der Waals surface area contributed by atoms with Crippen molar-refractivity contribution >= 4 is 23.4 Å². The van der Waals surface area contributed by atoms with Crippen LogP contribution in [0.25, 0.3) is 11.6 Å². The average Bonchev–Trinajstić information content (AvgIpc) is 2.62. The number of benzene rings is 2. The van der Waals surface area contributed by atoms with Crippen LogP contribution in [0.15, 0.2) is 85.1 Å². The molecule has 0 fully saturated rings. The molecule has 1 amide bonds. The molecule has 3 rings (SSSR count). The van der Waals surface area contributed by atoms with Crippen molar-refractivity contribution in [3.8, 4) is 0 Å². The fraction of sp³-hybridized carbons (Fsp3) is 0. The molecule has 3 heteroatoms. The lowest BCUT2D eigenvalue weighted by molar-refractivity contribution is -0.111. The molecular formula is C20H16N2O. The van der Waals surface area contributed by atoms with Crippen molar-refractivity contribution in [1.82, 2.24) is 4.98 Å². The minimum atomic E-state index is -0.182. The quantitative estimate of drug-likeness (QED) is 0.578. The van der Waals surface area contributed by atoms with E-state index in [4.69, 9.17) is 0 Å². The number of nitrogens with one attached hydrogen (secondary N) is 1. The average molecular weight is 300 g/mol. The van der Waals surface area contributed by atoms with Crippen molar-refractivity contribution in [2.45, 2.75) is 0 Å². The van der Waals surface area contributed by atoms with Gasteiger partial charge in [0.1, 0.15) is 5.82 Å². The van der Waals surface area contributed by atoms with Crippen LogP contribution >= 0.6 is 0 Å². The zero-order chi connectivity index (χ0) is 15.9. The Morgan fingerprint density at radius 2 is 1.48 bits per heavy atom. The Balaban J connectivity index is 1.95. The second kappa shape index (κ2) is 7.18. The number of nitrogens with zero attached hydrogens (tertiary/aromatic N) is 1. The highest BCUT2D eigenvalue weighted by Gasteiger charge is 2.12. The fourth-order valence-electron chi connectivity index (χ4n) is 2.23. The topological polar surface area (TPSA) is 42.0 Å². The number of hydrogen-bond acceptors (Lipinski definition) is 2. The van der Waals surface area contributed by atoms with Gasteiger partial charge in [0.2, 0.25) is 0 Å². The normalized spacial score (nSPS) is 11.0. The van der Waals surface area contributed by atoms with E-state index in [1.165, 1.54) is 0 Å². The first-order valence-corrected chi connectivity index (χ1v) is 7.37. The fourth-order valence-corrected chi connectivity index (χ4v) is 2.23. The maximum atomic E-state index is 12.7. The van der Waals surface area contributed by atoms with Crippen LogP contribution in [-0.4, -0.2) is 10.9 Å². The van der Waals surface area contributed by atoms with Crippen molar-refractivity contribution in [2.24, 2.45) is 0 Å². The van der Waals surface area contributed by atoms with Gasteiger partial charge >= 0.3 is 0 Å². The molecule has 3 aromatic rings. The Morgan fingerprint density at radius 1 is 0.826 bits per heavy atom. The van der Waals surface area contributed by atoms with Crippen molar-refractivity contribution in [2.75, 3.05) is 5.32 Å². The SMILES string of the molecule is O=C(Nc1ccccn1)/C(=C\c1ccccc1)c1ccccc1. The number of rotatable bonds is 4. The third-order valence-electron chi connectivity index (χ3n) is 3.35. The summed E-state index contributed by atoms with van der Waals surface area (Å²) in [6, 6.07) is 24.8. The van der Waals surface area contributed by atoms with Gasteiger partial charge in [-0.15, -0.1) is 0 Å². The maximum absolute atomic E-state index is 12.7. The Kier molecular flexibility index (Phi) is 4.60. The van der Waals surface area contributed by atoms with E-state index in [1.54, 1.807) is 12.3 Å². The number of carbonyl (C=O) groups excluding carboxylic acids is 1. The maximum Gasteiger partial charge on any atom is 0.257 e. The molecule has 0 saturated heterocycles. The molecule has 0 aliphatic heterocycles. The molecule has 0 saturated carbocycles. The van der Waals surface area contributed by atoms with Gasteiger partial charge in [0, 0.05) is 11.8 Å². The summed E-state index contributed by atoms with van der Waals surface area (Å²) in [7, 11) is 0. The van der Waals surface area contributed by atoms with E-state index in [9.17, 15) is 4.79 Å². The highest BCUT2D eigenvalue weighted by molar-refractivity contribution is 6.29. The Morgan fingerprint density at radius 3 is 2.13 bits per heavy atom. The molecule has 0 bridgehead atoms. The van der Waals surface area contributed by atoms with E-state index in [0.29, 0.717) is 11.4 Å². The largest absolute Gasteiger partial charge is 0.307 e. The van der Waals surface area contributed by atoms with E-state index in [1.807, 2.05) is 78.9 Å². The minimum Gasteiger partial charge on any atom is -0.307 e. The Labute approximate surface area is 135 Å². The first-order valence-electron chi connectivity index (χ1n) is 7.37. The highest BCUT2D eigenvalue weighted by Crippen LogP contribution is 2.20. The van der Waals surface area contributed by atoms with Gasteiger partial charge in [-0.05, 0) is 29.3 Å². The van der Waals surface area contributed by atoms with Gasteiger partial charge in [-0.2, -0.15) is 0 Å². The Bertz CT molecular complexity index is 797. The zero-order valence-corrected chi connectivity index (χ0v) is 12.5. The molecule has 23 heavy (non-hydrogen) atoms. The number of aromatic nitrogens is 1. The van der Waals surface area contributed by atoms with Gasteiger partial charge in [-0.25, -0.2) is 4.98 Å². The smallest absolute Gasteiger partial charge is 0.257 e. The summed E-state index contributed by atoms with van der Waals surface area (Å²) in [6.07, 6.45) is 3.53. The second-order valence-electron chi connectivity index (χ2n) is 5.00. The number of anilines is 1. The summed E-state index contributed by atoms with van der Waals surface area (Å²) in [5.74, 6) is 0.353. The third kappa shape index (κ3) is 3.92. The number of carbonyl (C=O) groups is 1. The summed E-state index contributed by atoms with van der Waals surface area (Å²) in [5, 5.41) is 2.84. The summed E-state index contributed by atoms with van der Waals surface area (Å²) in [5.41, 5.74) is 2.44. The lowest BCUT2D eigenvalue weighted by atomic mass is 10.0. The van der Waals surface area contributed by atoms with Crippen LogP contribution in [0, 0.1) is 0 Å². The van der Waals surface area contributed by atoms with Crippen LogP contribution in [0.1, 0.15) is 11.1 Å². The van der Waals surface area contributed by atoms with E-state index in [2.05, 4.69) is 10.3 Å². The molecule has 0 atom stereocenters. The molecule has 2 aromatic carbocycles. The lowest BCUT2D eigenvalue weighted by Crippen LogP contribution is -2.14. The van der Waals surface area contributed by atoms with E-state index in [-0.39, 0.29) is 5.91 Å². The van der Waals surface area contributed by atoms with Crippen molar-refractivity contribution < 1.29 is 4.79 Å². The van der Waals surface area contributed by atoms with Crippen LogP contribution in [0.3, 0.4) is 0 Å². The summed E-state index contributed by atoms with van der Waals surface area (Å²) in [6.45, 7) is 0. The molecule has 3 nitrogen and oxygen atoms in total. The van der Waals surface area contributed by atoms with Gasteiger partial charge in [0.15, 0.2) is 0 Å². The molecule has 0 radical (unpaired) electrons. The summed E-state index contributed by atoms with van der Waals surface area (Å²) >= 11 is 0. The molecule has 112 valence electrons. The number of pyridine rings is 1. The summed E-state index contributed by atoms with van der Waals surface area (Å²) in [4.78, 5) is 16.8. The van der Waals surface area contributed by atoms with E-state index >= 15 is 0 Å². The van der Waals surface area contributed by atoms with Gasteiger partial charge in [-0.1, -0.05) is 66.7 Å². The van der Waals surface area contributed by atoms with Crippen molar-refractivity contribution in [3.63, 3.8) is 0 Å². The molecule has 1 aromatic heterocycles. The monoisotopic (exact) mass is 300 g/mol. The molecule has 1 heterocycles. The van der Waals surface area contributed by atoms with E-state index in [0.717, 1.165) is 11.1 Å². The molecule has 0 spiro atoms. The number of hydrogen-bond donors (Lipinski definition) is 1. The minimum absolute atomic E-state index is 0.182.